The second kappa shape index (κ2) is 10.8. The minimum Gasteiger partial charge on any atom is -0.336 e. The van der Waals surface area contributed by atoms with Crippen molar-refractivity contribution in [3.63, 3.8) is 0 Å². The third-order valence-electron chi connectivity index (χ3n) is 5.45. The van der Waals surface area contributed by atoms with Crippen molar-refractivity contribution >= 4 is 33.3 Å². The average Bonchev–Trinajstić information content (AvgIpc) is 3.05. The van der Waals surface area contributed by atoms with E-state index in [4.69, 9.17) is 0 Å². The lowest BCUT2D eigenvalue weighted by molar-refractivity contribution is 0.102. The Bertz CT molecular complexity index is 1090. The monoisotopic (exact) mass is 472 g/mol. The van der Waals surface area contributed by atoms with Crippen molar-refractivity contribution in [2.24, 2.45) is 0 Å². The van der Waals surface area contributed by atoms with Crippen LogP contribution in [0.3, 0.4) is 0 Å². The van der Waals surface area contributed by atoms with Crippen molar-refractivity contribution in [3.8, 4) is 0 Å². The zero-order valence-electron chi connectivity index (χ0n) is 19.3. The van der Waals surface area contributed by atoms with Crippen LogP contribution in [-0.4, -0.2) is 43.8 Å². The number of nitrogens with zero attached hydrogens (tertiary/aromatic N) is 1. The van der Waals surface area contributed by atoms with Crippen LogP contribution in [0.5, 0.6) is 0 Å². The molecule has 1 heterocycles. The molecule has 2 aromatic rings. The highest BCUT2D eigenvalue weighted by Crippen LogP contribution is 2.26. The highest BCUT2D eigenvalue weighted by atomic mass is 32.2. The van der Waals surface area contributed by atoms with Crippen LogP contribution in [0.15, 0.2) is 47.4 Å². The Kier molecular flexibility index (Phi) is 8.10. The molecule has 0 atom stereocenters. The van der Waals surface area contributed by atoms with Gasteiger partial charge in [0.25, 0.3) is 5.91 Å². The third kappa shape index (κ3) is 6.55. The van der Waals surface area contributed by atoms with E-state index in [9.17, 15) is 18.0 Å². The number of hydrogen-bond donors (Lipinski definition) is 3. The van der Waals surface area contributed by atoms with Gasteiger partial charge in [0, 0.05) is 36.1 Å². The van der Waals surface area contributed by atoms with E-state index in [0.29, 0.717) is 35.6 Å². The normalized spacial score (nSPS) is 15.0. The number of carbonyl (C=O) groups is 2. The van der Waals surface area contributed by atoms with Crippen molar-refractivity contribution in [2.75, 3.05) is 23.7 Å². The summed E-state index contributed by atoms with van der Waals surface area (Å²) in [6.07, 6.45) is 3.80. The van der Waals surface area contributed by atoms with Crippen LogP contribution in [0.2, 0.25) is 0 Å². The molecular formula is C24H32N4O4S. The molecule has 2 aromatic carbocycles. The fourth-order valence-electron chi connectivity index (χ4n) is 3.71. The molecule has 0 aromatic heterocycles. The number of anilines is 2. The molecule has 33 heavy (non-hydrogen) atoms. The second-order valence-electron chi connectivity index (χ2n) is 8.58. The molecule has 0 radical (unpaired) electrons. The van der Waals surface area contributed by atoms with E-state index in [-0.39, 0.29) is 22.9 Å². The molecule has 3 rings (SSSR count). The number of nitrogens with one attached hydrogen (secondary N) is 3. The maximum atomic E-state index is 13.2. The molecule has 0 saturated carbocycles. The van der Waals surface area contributed by atoms with Gasteiger partial charge in [0.2, 0.25) is 10.0 Å². The predicted molar refractivity (Wildman–Crippen MR) is 130 cm³/mol. The molecule has 3 N–H and O–H groups in total. The van der Waals surface area contributed by atoms with Gasteiger partial charge in [-0.15, -0.1) is 0 Å². The summed E-state index contributed by atoms with van der Waals surface area (Å²) in [5, 5.41) is 8.21. The summed E-state index contributed by atoms with van der Waals surface area (Å²) in [4.78, 5) is 24.7. The summed E-state index contributed by atoms with van der Waals surface area (Å²) in [5.74, 6) is -0.366. The highest BCUT2D eigenvalue weighted by molar-refractivity contribution is 7.89. The van der Waals surface area contributed by atoms with Gasteiger partial charge in [-0.2, -0.15) is 4.31 Å². The Morgan fingerprint density at radius 3 is 2.09 bits per heavy atom. The molecule has 1 aliphatic rings. The number of rotatable bonds is 6. The molecule has 0 aliphatic carbocycles. The second-order valence-corrected chi connectivity index (χ2v) is 10.5. The lowest BCUT2D eigenvalue weighted by Gasteiger charge is -2.21. The number of carbonyl (C=O) groups excluding carboxylic acids is 2. The SMILES string of the molecule is Cc1ccc(NC(=O)c2ccc(NC(=O)NC(C)C)cc2)cc1S(=O)(=O)N1CCCCCC1. The smallest absolute Gasteiger partial charge is 0.319 e. The molecule has 1 saturated heterocycles. The van der Waals surface area contributed by atoms with Gasteiger partial charge < -0.3 is 16.0 Å². The third-order valence-corrected chi connectivity index (χ3v) is 7.49. The maximum Gasteiger partial charge on any atom is 0.319 e. The number of sulfonamides is 1. The first kappa shape index (κ1) is 24.7. The minimum absolute atomic E-state index is 0.0117. The van der Waals surface area contributed by atoms with Gasteiger partial charge in [-0.3, -0.25) is 4.79 Å². The van der Waals surface area contributed by atoms with Gasteiger partial charge in [0.1, 0.15) is 0 Å². The van der Waals surface area contributed by atoms with E-state index in [1.807, 2.05) is 13.8 Å². The molecule has 1 fully saturated rings. The summed E-state index contributed by atoms with van der Waals surface area (Å²) >= 11 is 0. The Morgan fingerprint density at radius 1 is 0.879 bits per heavy atom. The van der Waals surface area contributed by atoms with Crippen LogP contribution in [0.4, 0.5) is 16.2 Å². The van der Waals surface area contributed by atoms with E-state index >= 15 is 0 Å². The van der Waals surface area contributed by atoms with E-state index in [2.05, 4.69) is 16.0 Å². The van der Waals surface area contributed by atoms with Crippen molar-refractivity contribution in [1.82, 2.24) is 9.62 Å². The standard InChI is InChI=1S/C24H32N4O4S/c1-17(2)25-24(30)27-20-12-9-19(10-13-20)23(29)26-21-11-8-18(3)22(16-21)33(31,32)28-14-6-4-5-7-15-28/h8-13,16-17H,4-7,14-15H2,1-3H3,(H,26,29)(H2,25,27,30). The number of urea groups is 1. The van der Waals surface area contributed by atoms with Crippen molar-refractivity contribution in [2.45, 2.75) is 57.4 Å². The molecule has 8 nitrogen and oxygen atoms in total. The first-order valence-corrected chi connectivity index (χ1v) is 12.7. The number of hydrogen-bond acceptors (Lipinski definition) is 4. The van der Waals surface area contributed by atoms with Gasteiger partial charge in [0.15, 0.2) is 0 Å². The molecule has 1 aliphatic heterocycles. The van der Waals surface area contributed by atoms with Crippen molar-refractivity contribution < 1.29 is 18.0 Å². The maximum absolute atomic E-state index is 13.2. The van der Waals surface area contributed by atoms with Gasteiger partial charge in [-0.05, 0) is 75.6 Å². The largest absolute Gasteiger partial charge is 0.336 e. The van der Waals surface area contributed by atoms with Crippen LogP contribution < -0.4 is 16.0 Å². The quantitative estimate of drug-likeness (QED) is 0.581. The molecule has 9 heteroatoms. The zero-order chi connectivity index (χ0) is 24.0. The van der Waals surface area contributed by atoms with Crippen LogP contribution in [-0.2, 0) is 10.0 Å². The Hall–Kier alpha value is -2.91. The molecule has 178 valence electrons. The zero-order valence-corrected chi connectivity index (χ0v) is 20.2. The van der Waals surface area contributed by atoms with E-state index in [1.54, 1.807) is 47.6 Å². The average molecular weight is 473 g/mol. The van der Waals surface area contributed by atoms with E-state index in [1.165, 1.54) is 6.07 Å². The minimum atomic E-state index is -3.63. The fraction of sp³-hybridized carbons (Fsp3) is 0.417. The lowest BCUT2D eigenvalue weighted by atomic mass is 10.1. The summed E-state index contributed by atoms with van der Waals surface area (Å²) in [7, 11) is -3.63. The Balaban J connectivity index is 1.72. The fourth-order valence-corrected chi connectivity index (χ4v) is 5.48. The van der Waals surface area contributed by atoms with Crippen LogP contribution in [0.25, 0.3) is 0 Å². The van der Waals surface area contributed by atoms with Gasteiger partial charge in [-0.25, -0.2) is 13.2 Å². The number of benzene rings is 2. The Morgan fingerprint density at radius 2 is 1.48 bits per heavy atom. The first-order chi connectivity index (χ1) is 15.7. The summed E-state index contributed by atoms with van der Waals surface area (Å²) < 4.78 is 28.0. The number of amides is 3. The summed E-state index contributed by atoms with van der Waals surface area (Å²) in [5.41, 5.74) is 2.01. The first-order valence-electron chi connectivity index (χ1n) is 11.3. The van der Waals surface area contributed by atoms with E-state index in [0.717, 1.165) is 25.7 Å². The van der Waals surface area contributed by atoms with E-state index < -0.39 is 10.0 Å². The van der Waals surface area contributed by atoms with Gasteiger partial charge in [-0.1, -0.05) is 18.9 Å². The number of aryl methyl sites for hydroxylation is 1. The van der Waals surface area contributed by atoms with Crippen LogP contribution in [0, 0.1) is 6.92 Å². The summed E-state index contributed by atoms with van der Waals surface area (Å²) in [6, 6.07) is 11.1. The van der Waals surface area contributed by atoms with Gasteiger partial charge >= 0.3 is 6.03 Å². The highest BCUT2D eigenvalue weighted by Gasteiger charge is 2.27. The molecule has 0 bridgehead atoms. The molecule has 3 amide bonds. The predicted octanol–water partition coefficient (Wildman–Crippen LogP) is 4.34. The lowest BCUT2D eigenvalue weighted by Crippen LogP contribution is -2.34. The summed E-state index contributed by atoms with van der Waals surface area (Å²) in [6.45, 7) is 6.53. The molecular weight excluding hydrogens is 440 g/mol. The van der Waals surface area contributed by atoms with Gasteiger partial charge in [0.05, 0.1) is 4.90 Å². The van der Waals surface area contributed by atoms with Crippen molar-refractivity contribution in [1.29, 1.82) is 0 Å². The molecule has 0 unspecified atom stereocenters. The molecule has 0 spiro atoms. The topological polar surface area (TPSA) is 108 Å². The van der Waals surface area contributed by atoms with Crippen molar-refractivity contribution in [3.05, 3.63) is 53.6 Å². The van der Waals surface area contributed by atoms with Crippen LogP contribution in [0.1, 0.15) is 55.5 Å². The Labute approximate surface area is 195 Å². The van der Waals surface area contributed by atoms with Crippen LogP contribution >= 0.6 is 0 Å².